The molecule has 1 amide bonds. The highest BCUT2D eigenvalue weighted by atomic mass is 16.1. The number of nitrogens with zero attached hydrogens (tertiary/aromatic N) is 4. The number of aromatic nitrogens is 3. The van der Waals surface area contributed by atoms with E-state index in [4.69, 9.17) is 5.26 Å². The average molecular weight is 317 g/mol. The first-order chi connectivity index (χ1) is 11.7. The summed E-state index contributed by atoms with van der Waals surface area (Å²) in [4.78, 5) is 15.9. The Balaban J connectivity index is 1.57. The van der Waals surface area contributed by atoms with Crippen molar-refractivity contribution >= 4 is 5.91 Å². The third-order valence-electron chi connectivity index (χ3n) is 3.47. The Kier molecular flexibility index (Phi) is 4.63. The predicted octanol–water partition coefficient (Wildman–Crippen LogP) is 2.13. The van der Waals surface area contributed by atoms with Crippen molar-refractivity contribution in [2.24, 2.45) is 0 Å². The Labute approximate surface area is 139 Å². The van der Waals surface area contributed by atoms with Gasteiger partial charge in [-0.3, -0.25) is 9.48 Å². The van der Waals surface area contributed by atoms with Crippen LogP contribution in [0.4, 0.5) is 0 Å². The van der Waals surface area contributed by atoms with Crippen molar-refractivity contribution in [3.63, 3.8) is 0 Å². The van der Waals surface area contributed by atoms with Gasteiger partial charge in [0.15, 0.2) is 0 Å². The van der Waals surface area contributed by atoms with Crippen LogP contribution in [0, 0.1) is 11.3 Å². The van der Waals surface area contributed by atoms with Crippen LogP contribution >= 0.6 is 0 Å². The average Bonchev–Trinajstić information content (AvgIpc) is 3.08. The van der Waals surface area contributed by atoms with Crippen molar-refractivity contribution in [1.82, 2.24) is 20.1 Å². The highest BCUT2D eigenvalue weighted by Crippen LogP contribution is 2.05. The molecule has 0 saturated carbocycles. The maximum atomic E-state index is 12.1. The zero-order valence-electron chi connectivity index (χ0n) is 12.9. The van der Waals surface area contributed by atoms with Gasteiger partial charge in [0.1, 0.15) is 11.8 Å². The van der Waals surface area contributed by atoms with Crippen molar-refractivity contribution in [2.75, 3.05) is 0 Å². The maximum absolute atomic E-state index is 12.1. The van der Waals surface area contributed by atoms with Crippen LogP contribution in [0.1, 0.15) is 27.2 Å². The first-order valence-electron chi connectivity index (χ1n) is 7.44. The third kappa shape index (κ3) is 3.84. The number of rotatable bonds is 5. The van der Waals surface area contributed by atoms with Gasteiger partial charge in [0, 0.05) is 24.5 Å². The molecule has 118 valence electrons. The van der Waals surface area contributed by atoms with Crippen LogP contribution in [-0.4, -0.2) is 20.7 Å². The summed E-state index contributed by atoms with van der Waals surface area (Å²) >= 11 is 0. The lowest BCUT2D eigenvalue weighted by Gasteiger charge is -2.03. The van der Waals surface area contributed by atoms with Crippen LogP contribution in [0.15, 0.2) is 61.1 Å². The van der Waals surface area contributed by atoms with E-state index in [1.165, 1.54) is 17.8 Å². The lowest BCUT2D eigenvalue weighted by atomic mass is 10.2. The second kappa shape index (κ2) is 7.20. The van der Waals surface area contributed by atoms with Crippen LogP contribution < -0.4 is 5.32 Å². The number of benzene rings is 1. The van der Waals surface area contributed by atoms with Crippen LogP contribution in [0.3, 0.4) is 0 Å². The van der Waals surface area contributed by atoms with Crippen molar-refractivity contribution in [3.05, 3.63) is 83.4 Å². The molecular formula is C18H15N5O. The van der Waals surface area contributed by atoms with E-state index in [1.807, 2.05) is 47.3 Å². The summed E-state index contributed by atoms with van der Waals surface area (Å²) in [6, 6.07) is 15.1. The Morgan fingerprint density at radius 3 is 2.67 bits per heavy atom. The highest BCUT2D eigenvalue weighted by Gasteiger charge is 2.07. The first-order valence-corrected chi connectivity index (χ1v) is 7.44. The molecule has 3 aromatic rings. The molecule has 3 rings (SSSR count). The third-order valence-corrected chi connectivity index (χ3v) is 3.47. The zero-order chi connectivity index (χ0) is 16.8. The van der Waals surface area contributed by atoms with Gasteiger partial charge in [0.25, 0.3) is 5.91 Å². The molecule has 6 heteroatoms. The molecule has 0 bridgehead atoms. The molecule has 0 fully saturated rings. The molecule has 0 aliphatic carbocycles. The fourth-order valence-electron chi connectivity index (χ4n) is 2.23. The zero-order valence-corrected chi connectivity index (χ0v) is 12.9. The monoisotopic (exact) mass is 317 g/mol. The van der Waals surface area contributed by atoms with Gasteiger partial charge < -0.3 is 5.32 Å². The number of amides is 1. The molecule has 0 saturated heterocycles. The minimum atomic E-state index is -0.234. The number of nitrogens with one attached hydrogen (secondary N) is 1. The lowest BCUT2D eigenvalue weighted by Crippen LogP contribution is -2.22. The normalized spacial score (nSPS) is 10.1. The van der Waals surface area contributed by atoms with E-state index >= 15 is 0 Å². The molecule has 6 nitrogen and oxygen atoms in total. The van der Waals surface area contributed by atoms with Crippen molar-refractivity contribution in [1.29, 1.82) is 5.26 Å². The quantitative estimate of drug-likeness (QED) is 0.781. The summed E-state index contributed by atoms with van der Waals surface area (Å²) in [5.41, 5.74) is 2.79. The molecule has 0 atom stereocenters. The predicted molar refractivity (Wildman–Crippen MR) is 87.9 cm³/mol. The minimum Gasteiger partial charge on any atom is -0.348 e. The van der Waals surface area contributed by atoms with Gasteiger partial charge in [-0.15, -0.1) is 0 Å². The van der Waals surface area contributed by atoms with E-state index < -0.39 is 0 Å². The van der Waals surface area contributed by atoms with Gasteiger partial charge in [-0.2, -0.15) is 10.4 Å². The number of carbonyl (C=O) groups excluding carboxylic acids is 1. The molecule has 0 radical (unpaired) electrons. The number of nitriles is 1. The summed E-state index contributed by atoms with van der Waals surface area (Å²) in [5.74, 6) is -0.234. The fraction of sp³-hybridized carbons (Fsp3) is 0.111. The number of hydrogen-bond donors (Lipinski definition) is 1. The second-order valence-corrected chi connectivity index (χ2v) is 5.26. The van der Waals surface area contributed by atoms with E-state index in [0.717, 1.165) is 5.56 Å². The van der Waals surface area contributed by atoms with Crippen LogP contribution in [-0.2, 0) is 13.1 Å². The summed E-state index contributed by atoms with van der Waals surface area (Å²) in [6.45, 7) is 1.07. The largest absolute Gasteiger partial charge is 0.348 e. The Morgan fingerprint density at radius 1 is 1.12 bits per heavy atom. The van der Waals surface area contributed by atoms with Crippen molar-refractivity contribution in [3.8, 4) is 6.07 Å². The van der Waals surface area contributed by atoms with E-state index in [0.29, 0.717) is 18.7 Å². The van der Waals surface area contributed by atoms with E-state index in [-0.39, 0.29) is 11.6 Å². The highest BCUT2D eigenvalue weighted by molar-refractivity contribution is 5.93. The molecule has 24 heavy (non-hydrogen) atoms. The van der Waals surface area contributed by atoms with Crippen LogP contribution in [0.5, 0.6) is 0 Å². The van der Waals surface area contributed by atoms with Gasteiger partial charge in [-0.1, -0.05) is 30.3 Å². The van der Waals surface area contributed by atoms with Crippen molar-refractivity contribution < 1.29 is 4.79 Å². The summed E-state index contributed by atoms with van der Waals surface area (Å²) in [6.07, 6.45) is 5.04. The first kappa shape index (κ1) is 15.4. The van der Waals surface area contributed by atoms with Crippen LogP contribution in [0.2, 0.25) is 0 Å². The number of pyridine rings is 1. The molecule has 2 heterocycles. The Bertz CT molecular complexity index is 862. The molecule has 0 spiro atoms. The van der Waals surface area contributed by atoms with Crippen LogP contribution in [0.25, 0.3) is 0 Å². The molecule has 0 unspecified atom stereocenters. The summed E-state index contributed by atoms with van der Waals surface area (Å²) in [7, 11) is 0. The fourth-order valence-corrected chi connectivity index (χ4v) is 2.23. The molecule has 0 aliphatic heterocycles. The second-order valence-electron chi connectivity index (χ2n) is 5.26. The Hall–Kier alpha value is -3.46. The van der Waals surface area contributed by atoms with E-state index in [2.05, 4.69) is 15.4 Å². The minimum absolute atomic E-state index is 0.234. The van der Waals surface area contributed by atoms with Gasteiger partial charge in [-0.25, -0.2) is 4.98 Å². The summed E-state index contributed by atoms with van der Waals surface area (Å²) < 4.78 is 1.83. The van der Waals surface area contributed by atoms with Gasteiger partial charge in [0.2, 0.25) is 0 Å². The Morgan fingerprint density at radius 2 is 1.96 bits per heavy atom. The molecular weight excluding hydrogens is 302 g/mol. The number of carbonyl (C=O) groups is 1. The van der Waals surface area contributed by atoms with Gasteiger partial charge in [-0.05, 0) is 17.7 Å². The molecule has 0 aliphatic rings. The van der Waals surface area contributed by atoms with Gasteiger partial charge in [0.05, 0.1) is 18.3 Å². The topological polar surface area (TPSA) is 83.6 Å². The SMILES string of the molecule is N#Cc1ccc(C(=O)NCc2cnn(Cc3ccccc3)c2)cn1. The number of hydrogen-bond acceptors (Lipinski definition) is 4. The van der Waals surface area contributed by atoms with E-state index in [1.54, 1.807) is 12.3 Å². The van der Waals surface area contributed by atoms with Crippen molar-refractivity contribution in [2.45, 2.75) is 13.1 Å². The molecule has 1 aromatic carbocycles. The molecule has 2 aromatic heterocycles. The standard InChI is InChI=1S/C18H15N5O/c19-8-17-7-6-16(11-20-17)18(24)21-9-15-10-22-23(13-15)12-14-4-2-1-3-5-14/h1-7,10-11,13H,9,12H2,(H,21,24). The molecule has 1 N–H and O–H groups in total. The smallest absolute Gasteiger partial charge is 0.253 e. The maximum Gasteiger partial charge on any atom is 0.253 e. The van der Waals surface area contributed by atoms with Gasteiger partial charge >= 0.3 is 0 Å². The lowest BCUT2D eigenvalue weighted by molar-refractivity contribution is 0.0950. The van der Waals surface area contributed by atoms with E-state index in [9.17, 15) is 4.79 Å². The summed E-state index contributed by atoms with van der Waals surface area (Å²) in [5, 5.41) is 15.8.